The number of halogens is 1. The summed E-state index contributed by atoms with van der Waals surface area (Å²) in [6.07, 6.45) is 1.90. The van der Waals surface area contributed by atoms with Gasteiger partial charge >= 0.3 is 0 Å². The Morgan fingerprint density at radius 3 is 2.38 bits per heavy atom. The van der Waals surface area contributed by atoms with E-state index < -0.39 is 0 Å². The number of rotatable bonds is 7. The molecule has 0 bridgehead atoms. The van der Waals surface area contributed by atoms with Crippen molar-refractivity contribution in [2.24, 2.45) is 0 Å². The predicted octanol–water partition coefficient (Wildman–Crippen LogP) is 6.84. The van der Waals surface area contributed by atoms with E-state index in [1.54, 1.807) is 0 Å². The Morgan fingerprint density at radius 1 is 0.784 bits per heavy atom. The number of nitrogens with zero attached hydrogens (tertiary/aromatic N) is 5. The van der Waals surface area contributed by atoms with Crippen molar-refractivity contribution in [3.8, 4) is 28.4 Å². The zero-order valence-electron chi connectivity index (χ0n) is 19.8. The van der Waals surface area contributed by atoms with Crippen LogP contribution < -0.4 is 4.74 Å². The van der Waals surface area contributed by atoms with E-state index in [-0.39, 0.29) is 6.61 Å². The molecular weight excluding hydrogens is 482 g/mol. The van der Waals surface area contributed by atoms with Crippen LogP contribution in [-0.2, 0) is 13.2 Å². The van der Waals surface area contributed by atoms with Gasteiger partial charge in [-0.3, -0.25) is 0 Å². The quantitative estimate of drug-likeness (QED) is 0.239. The summed E-state index contributed by atoms with van der Waals surface area (Å²) in [7, 11) is 0. The summed E-state index contributed by atoms with van der Waals surface area (Å²) in [5.41, 5.74) is 5.33. The van der Waals surface area contributed by atoms with E-state index in [1.807, 2.05) is 102 Å². The van der Waals surface area contributed by atoms with Gasteiger partial charge in [0, 0.05) is 16.0 Å². The van der Waals surface area contributed by atoms with Crippen LogP contribution in [0.25, 0.3) is 33.5 Å². The number of benzene rings is 4. The number of fused-ring (bicyclic) bond motifs is 1. The predicted molar refractivity (Wildman–Crippen MR) is 145 cm³/mol. The van der Waals surface area contributed by atoms with Crippen LogP contribution in [0.3, 0.4) is 0 Å². The smallest absolute Gasteiger partial charge is 0.164 e. The van der Waals surface area contributed by atoms with E-state index in [0.717, 1.165) is 39.0 Å². The zero-order chi connectivity index (χ0) is 25.0. The summed E-state index contributed by atoms with van der Waals surface area (Å²) in [6.45, 7) is 0.933. The number of hydrogen-bond donors (Lipinski definition) is 0. The average molecular weight is 504 g/mol. The molecule has 37 heavy (non-hydrogen) atoms. The van der Waals surface area contributed by atoms with Gasteiger partial charge in [-0.25, -0.2) is 14.6 Å². The second-order valence-electron chi connectivity index (χ2n) is 8.60. The minimum Gasteiger partial charge on any atom is -0.486 e. The molecule has 0 unspecified atom stereocenters. The van der Waals surface area contributed by atoms with Gasteiger partial charge in [0.05, 0.1) is 29.5 Å². The molecule has 0 aliphatic rings. The molecule has 0 atom stereocenters. The van der Waals surface area contributed by atoms with Crippen molar-refractivity contribution < 1.29 is 4.74 Å². The van der Waals surface area contributed by atoms with E-state index in [4.69, 9.17) is 26.3 Å². The van der Waals surface area contributed by atoms with Crippen molar-refractivity contribution in [1.82, 2.24) is 25.0 Å². The largest absolute Gasteiger partial charge is 0.486 e. The molecular formula is C30H22ClN5O. The maximum absolute atomic E-state index is 6.32. The van der Waals surface area contributed by atoms with Gasteiger partial charge in [-0.05, 0) is 35.9 Å². The van der Waals surface area contributed by atoms with E-state index in [1.165, 1.54) is 0 Å². The van der Waals surface area contributed by atoms with Gasteiger partial charge in [0.1, 0.15) is 18.1 Å². The first-order chi connectivity index (χ1) is 18.2. The fourth-order valence-electron chi connectivity index (χ4n) is 4.22. The molecule has 6 nitrogen and oxygen atoms in total. The molecule has 0 N–H and O–H groups in total. The lowest BCUT2D eigenvalue weighted by Gasteiger charge is -2.13. The number of para-hydroxylation sites is 1. The molecule has 0 radical (unpaired) electrons. The third-order valence-corrected chi connectivity index (χ3v) is 6.22. The van der Waals surface area contributed by atoms with Gasteiger partial charge in [-0.2, -0.15) is 0 Å². The highest BCUT2D eigenvalue weighted by atomic mass is 35.5. The molecule has 0 saturated carbocycles. The normalized spacial score (nSPS) is 11.1. The zero-order valence-corrected chi connectivity index (χ0v) is 20.6. The Balaban J connectivity index is 1.31. The number of aromatic nitrogens is 5. The molecule has 2 heterocycles. The third-order valence-electron chi connectivity index (χ3n) is 5.98. The maximum atomic E-state index is 6.32. The molecule has 180 valence electrons. The van der Waals surface area contributed by atoms with Crippen LogP contribution in [0.1, 0.15) is 11.3 Å². The highest BCUT2D eigenvalue weighted by molar-refractivity contribution is 6.31. The highest BCUT2D eigenvalue weighted by Gasteiger charge is 2.15. The standard InChI is InChI=1S/C30H22ClN5O/c31-23-15-16-27-26(17-23)29(22-11-5-2-6-12-22)33-30(32-27)25-13-7-8-14-28(25)37-20-24-19-36(35-34-24)18-21-9-3-1-4-10-21/h1-17,19H,18,20H2. The van der Waals surface area contributed by atoms with Gasteiger partial charge < -0.3 is 4.74 Å². The molecule has 0 fully saturated rings. The lowest BCUT2D eigenvalue weighted by Crippen LogP contribution is -2.01. The fourth-order valence-corrected chi connectivity index (χ4v) is 4.39. The third kappa shape index (κ3) is 5.06. The van der Waals surface area contributed by atoms with Crippen LogP contribution in [0.2, 0.25) is 5.02 Å². The van der Waals surface area contributed by atoms with Gasteiger partial charge in [-0.15, -0.1) is 5.10 Å². The summed E-state index contributed by atoms with van der Waals surface area (Å²) in [4.78, 5) is 9.82. The molecule has 0 spiro atoms. The van der Waals surface area contributed by atoms with E-state index in [9.17, 15) is 0 Å². The van der Waals surface area contributed by atoms with Crippen LogP contribution in [0, 0.1) is 0 Å². The molecule has 7 heteroatoms. The monoisotopic (exact) mass is 503 g/mol. The molecule has 6 aromatic rings. The van der Waals surface area contributed by atoms with Crippen molar-refractivity contribution in [3.63, 3.8) is 0 Å². The highest BCUT2D eigenvalue weighted by Crippen LogP contribution is 2.34. The summed E-state index contributed by atoms with van der Waals surface area (Å²) < 4.78 is 8.01. The van der Waals surface area contributed by atoms with Crippen molar-refractivity contribution in [1.29, 1.82) is 0 Å². The van der Waals surface area contributed by atoms with Crippen molar-refractivity contribution in [2.75, 3.05) is 0 Å². The Bertz CT molecular complexity index is 1670. The lowest BCUT2D eigenvalue weighted by atomic mass is 10.1. The van der Waals surface area contributed by atoms with Gasteiger partial charge in [0.2, 0.25) is 0 Å². The van der Waals surface area contributed by atoms with Gasteiger partial charge in [-0.1, -0.05) is 89.6 Å². The summed E-state index contributed by atoms with van der Waals surface area (Å²) >= 11 is 6.32. The Labute approximate surface area is 219 Å². The fraction of sp³-hybridized carbons (Fsp3) is 0.0667. The SMILES string of the molecule is Clc1ccc2nc(-c3ccccc3OCc3cn(Cc4ccccc4)nn3)nc(-c3ccccc3)c2c1. The second-order valence-corrected chi connectivity index (χ2v) is 9.04. The van der Waals surface area contributed by atoms with E-state index in [0.29, 0.717) is 23.1 Å². The maximum Gasteiger partial charge on any atom is 0.164 e. The Kier molecular flexibility index (Phi) is 6.31. The number of ether oxygens (including phenoxy) is 1. The molecule has 6 rings (SSSR count). The van der Waals surface area contributed by atoms with Crippen LogP contribution in [-0.4, -0.2) is 25.0 Å². The molecule has 0 amide bonds. The topological polar surface area (TPSA) is 65.7 Å². The minimum atomic E-state index is 0.278. The first-order valence-corrected chi connectivity index (χ1v) is 12.3. The van der Waals surface area contributed by atoms with Crippen LogP contribution in [0.5, 0.6) is 5.75 Å². The molecule has 0 saturated heterocycles. The molecule has 2 aromatic heterocycles. The minimum absolute atomic E-state index is 0.278. The Hall–Kier alpha value is -4.55. The van der Waals surface area contributed by atoms with Crippen LogP contribution >= 0.6 is 11.6 Å². The average Bonchev–Trinajstić information content (AvgIpc) is 3.39. The second kappa shape index (κ2) is 10.2. The van der Waals surface area contributed by atoms with Gasteiger partial charge in [0.15, 0.2) is 5.82 Å². The van der Waals surface area contributed by atoms with Crippen molar-refractivity contribution in [3.05, 3.63) is 126 Å². The van der Waals surface area contributed by atoms with E-state index >= 15 is 0 Å². The molecule has 0 aliphatic heterocycles. The summed E-state index contributed by atoms with van der Waals surface area (Å²) in [5, 5.41) is 10.1. The Morgan fingerprint density at radius 2 is 1.54 bits per heavy atom. The number of hydrogen-bond acceptors (Lipinski definition) is 5. The molecule has 4 aromatic carbocycles. The van der Waals surface area contributed by atoms with Gasteiger partial charge in [0.25, 0.3) is 0 Å². The van der Waals surface area contributed by atoms with Crippen molar-refractivity contribution in [2.45, 2.75) is 13.2 Å². The van der Waals surface area contributed by atoms with Crippen LogP contribution in [0.4, 0.5) is 0 Å². The van der Waals surface area contributed by atoms with E-state index in [2.05, 4.69) is 22.4 Å². The first kappa shape index (κ1) is 22.9. The summed E-state index contributed by atoms with van der Waals surface area (Å²) in [6, 6.07) is 33.6. The first-order valence-electron chi connectivity index (χ1n) is 11.9. The molecule has 0 aliphatic carbocycles. The van der Waals surface area contributed by atoms with Crippen LogP contribution in [0.15, 0.2) is 109 Å². The van der Waals surface area contributed by atoms with Crippen molar-refractivity contribution >= 4 is 22.5 Å². The lowest BCUT2D eigenvalue weighted by molar-refractivity contribution is 0.302. The summed E-state index contributed by atoms with van der Waals surface area (Å²) in [5.74, 6) is 1.25.